The quantitative estimate of drug-likeness (QED) is 0.582. The first kappa shape index (κ1) is 18.1. The molecule has 6 heteroatoms. The summed E-state index contributed by atoms with van der Waals surface area (Å²) in [5.41, 5.74) is 0.728. The summed E-state index contributed by atoms with van der Waals surface area (Å²) >= 11 is 0. The Hall–Kier alpha value is -2.21. The number of ether oxygens (including phenoxy) is 1. The molecule has 0 radical (unpaired) electrons. The van der Waals surface area contributed by atoms with Crippen LogP contribution in [-0.2, 0) is 9.53 Å². The van der Waals surface area contributed by atoms with Gasteiger partial charge in [-0.25, -0.2) is 0 Å². The fraction of sp³-hybridized carbons (Fsp3) is 0.500. The van der Waals surface area contributed by atoms with Gasteiger partial charge in [0.25, 0.3) is 11.8 Å². The molecule has 2 atom stereocenters. The number of hydrogen-bond acceptors (Lipinski definition) is 4. The van der Waals surface area contributed by atoms with E-state index in [9.17, 15) is 14.4 Å². The van der Waals surface area contributed by atoms with Crippen LogP contribution in [0.25, 0.3) is 0 Å². The van der Waals surface area contributed by atoms with Gasteiger partial charge in [0.2, 0.25) is 5.91 Å². The van der Waals surface area contributed by atoms with Crippen molar-refractivity contribution in [3.05, 3.63) is 35.4 Å². The normalized spacial score (nSPS) is 16.0. The van der Waals surface area contributed by atoms with E-state index in [0.29, 0.717) is 37.1 Å². The highest BCUT2D eigenvalue weighted by Crippen LogP contribution is 2.28. The van der Waals surface area contributed by atoms with Crippen molar-refractivity contribution in [3.63, 3.8) is 0 Å². The molecule has 0 fully saturated rings. The van der Waals surface area contributed by atoms with Crippen LogP contribution >= 0.6 is 0 Å². The number of rotatable bonds is 8. The van der Waals surface area contributed by atoms with E-state index in [1.807, 2.05) is 13.8 Å². The number of nitrogens with zero attached hydrogens (tertiary/aromatic N) is 1. The molecule has 1 N–H and O–H groups in total. The Kier molecular flexibility index (Phi) is 6.09. The van der Waals surface area contributed by atoms with E-state index < -0.39 is 17.9 Å². The van der Waals surface area contributed by atoms with E-state index in [4.69, 9.17) is 4.74 Å². The van der Waals surface area contributed by atoms with E-state index in [0.717, 1.165) is 4.90 Å². The molecule has 130 valence electrons. The zero-order valence-electron chi connectivity index (χ0n) is 14.4. The monoisotopic (exact) mass is 332 g/mol. The molecule has 0 saturated carbocycles. The van der Waals surface area contributed by atoms with Crippen LogP contribution in [0.15, 0.2) is 24.3 Å². The highest BCUT2D eigenvalue weighted by Gasteiger charge is 2.44. The van der Waals surface area contributed by atoms with Crippen molar-refractivity contribution in [1.29, 1.82) is 0 Å². The molecule has 1 heterocycles. The highest BCUT2D eigenvalue weighted by molar-refractivity contribution is 6.22. The lowest BCUT2D eigenvalue weighted by Crippen LogP contribution is -2.52. The minimum atomic E-state index is -0.801. The van der Waals surface area contributed by atoms with Crippen LogP contribution in [0.3, 0.4) is 0 Å². The Labute approximate surface area is 142 Å². The molecule has 0 aliphatic carbocycles. The summed E-state index contributed by atoms with van der Waals surface area (Å²) in [5, 5.41) is 2.81. The number of fused-ring (bicyclic) bond motifs is 1. The smallest absolute Gasteiger partial charge is 0.262 e. The van der Waals surface area contributed by atoms with Crippen LogP contribution in [0, 0.1) is 5.92 Å². The molecular formula is C18H24N2O4. The average molecular weight is 332 g/mol. The zero-order valence-corrected chi connectivity index (χ0v) is 14.4. The van der Waals surface area contributed by atoms with Gasteiger partial charge in [-0.3, -0.25) is 19.3 Å². The van der Waals surface area contributed by atoms with Crippen LogP contribution in [0.4, 0.5) is 0 Å². The standard InChI is InChI=1S/C18H24N2O4/c1-4-12(2)15(16(21)19-10-7-11-24-3)20-17(22)13-8-5-6-9-14(13)18(20)23/h5-6,8-9,12,15H,4,7,10-11H2,1-3H3,(H,19,21). The van der Waals surface area contributed by atoms with Crippen molar-refractivity contribution in [3.8, 4) is 0 Å². The Morgan fingerprint density at radius 1 is 1.21 bits per heavy atom. The minimum absolute atomic E-state index is 0.130. The number of amides is 3. The van der Waals surface area contributed by atoms with Crippen LogP contribution in [-0.4, -0.2) is 48.9 Å². The van der Waals surface area contributed by atoms with Gasteiger partial charge < -0.3 is 10.1 Å². The van der Waals surface area contributed by atoms with Gasteiger partial charge in [0.05, 0.1) is 11.1 Å². The third kappa shape index (κ3) is 3.48. The molecule has 2 rings (SSSR count). The Bertz CT molecular complexity index is 594. The molecule has 1 aliphatic rings. The lowest BCUT2D eigenvalue weighted by Gasteiger charge is -2.29. The van der Waals surface area contributed by atoms with Gasteiger partial charge in [0, 0.05) is 20.3 Å². The predicted octanol–water partition coefficient (Wildman–Crippen LogP) is 1.85. The zero-order chi connectivity index (χ0) is 17.7. The summed E-state index contributed by atoms with van der Waals surface area (Å²) in [6.45, 7) is 4.81. The summed E-state index contributed by atoms with van der Waals surface area (Å²) in [6, 6.07) is 5.89. The Morgan fingerprint density at radius 2 is 1.79 bits per heavy atom. The molecule has 6 nitrogen and oxygen atoms in total. The van der Waals surface area contributed by atoms with Crippen LogP contribution in [0.5, 0.6) is 0 Å². The molecule has 1 aliphatic heterocycles. The maximum absolute atomic E-state index is 12.7. The second-order valence-electron chi connectivity index (χ2n) is 5.99. The minimum Gasteiger partial charge on any atom is -0.385 e. The number of imide groups is 1. The van der Waals surface area contributed by atoms with Crippen molar-refractivity contribution in [2.24, 2.45) is 5.92 Å². The lowest BCUT2D eigenvalue weighted by atomic mass is 9.96. The van der Waals surface area contributed by atoms with Crippen LogP contribution in [0.1, 0.15) is 47.4 Å². The van der Waals surface area contributed by atoms with Crippen LogP contribution < -0.4 is 5.32 Å². The number of nitrogens with one attached hydrogen (secondary N) is 1. The van der Waals surface area contributed by atoms with Crippen molar-refractivity contribution in [1.82, 2.24) is 10.2 Å². The van der Waals surface area contributed by atoms with Gasteiger partial charge in [-0.1, -0.05) is 32.4 Å². The molecule has 2 unspecified atom stereocenters. The van der Waals surface area contributed by atoms with Gasteiger partial charge in [-0.2, -0.15) is 0 Å². The first-order valence-electron chi connectivity index (χ1n) is 8.26. The van der Waals surface area contributed by atoms with E-state index in [-0.39, 0.29) is 11.8 Å². The summed E-state index contributed by atoms with van der Waals surface area (Å²) in [5.74, 6) is -1.22. The third-order valence-corrected chi connectivity index (χ3v) is 4.38. The molecule has 1 aromatic carbocycles. The molecule has 0 bridgehead atoms. The van der Waals surface area contributed by atoms with Gasteiger partial charge >= 0.3 is 0 Å². The van der Waals surface area contributed by atoms with Crippen molar-refractivity contribution < 1.29 is 19.1 Å². The average Bonchev–Trinajstić information content (AvgIpc) is 2.84. The van der Waals surface area contributed by atoms with Crippen LogP contribution in [0.2, 0.25) is 0 Å². The topological polar surface area (TPSA) is 75.7 Å². The molecular weight excluding hydrogens is 308 g/mol. The lowest BCUT2D eigenvalue weighted by molar-refractivity contribution is -0.126. The molecule has 3 amide bonds. The number of carbonyl (C=O) groups is 3. The first-order chi connectivity index (χ1) is 11.5. The number of hydrogen-bond donors (Lipinski definition) is 1. The third-order valence-electron chi connectivity index (χ3n) is 4.38. The van der Waals surface area contributed by atoms with E-state index in [2.05, 4.69) is 5.32 Å². The van der Waals surface area contributed by atoms with E-state index >= 15 is 0 Å². The largest absolute Gasteiger partial charge is 0.385 e. The van der Waals surface area contributed by atoms with Crippen molar-refractivity contribution in [2.75, 3.05) is 20.3 Å². The van der Waals surface area contributed by atoms with E-state index in [1.54, 1.807) is 31.4 Å². The van der Waals surface area contributed by atoms with Gasteiger partial charge in [0.15, 0.2) is 0 Å². The molecule has 0 saturated heterocycles. The van der Waals surface area contributed by atoms with E-state index in [1.165, 1.54) is 0 Å². The Morgan fingerprint density at radius 3 is 2.29 bits per heavy atom. The molecule has 0 spiro atoms. The molecule has 1 aromatic rings. The number of carbonyl (C=O) groups excluding carboxylic acids is 3. The summed E-state index contributed by atoms with van der Waals surface area (Å²) in [6.07, 6.45) is 1.36. The Balaban J connectivity index is 2.21. The van der Waals surface area contributed by atoms with Gasteiger partial charge in [-0.05, 0) is 24.5 Å². The number of methoxy groups -OCH3 is 1. The van der Waals surface area contributed by atoms with Crippen molar-refractivity contribution >= 4 is 17.7 Å². The molecule has 0 aromatic heterocycles. The maximum Gasteiger partial charge on any atom is 0.262 e. The fourth-order valence-corrected chi connectivity index (χ4v) is 2.85. The fourth-order valence-electron chi connectivity index (χ4n) is 2.85. The summed E-state index contributed by atoms with van der Waals surface area (Å²) in [7, 11) is 1.60. The maximum atomic E-state index is 12.7. The first-order valence-corrected chi connectivity index (χ1v) is 8.26. The summed E-state index contributed by atoms with van der Waals surface area (Å²) < 4.78 is 4.96. The SMILES string of the molecule is CCC(C)C(C(=O)NCCCOC)N1C(=O)c2ccccc2C1=O. The van der Waals surface area contributed by atoms with Crippen molar-refractivity contribution in [2.45, 2.75) is 32.7 Å². The summed E-state index contributed by atoms with van der Waals surface area (Å²) in [4.78, 5) is 39.1. The number of benzene rings is 1. The molecule has 24 heavy (non-hydrogen) atoms. The van der Waals surface area contributed by atoms with Gasteiger partial charge in [-0.15, -0.1) is 0 Å². The second-order valence-corrected chi connectivity index (χ2v) is 5.99. The predicted molar refractivity (Wildman–Crippen MR) is 89.7 cm³/mol. The second kappa shape index (κ2) is 8.06. The van der Waals surface area contributed by atoms with Gasteiger partial charge in [0.1, 0.15) is 6.04 Å². The highest BCUT2D eigenvalue weighted by atomic mass is 16.5.